The second-order valence-electron chi connectivity index (χ2n) is 3.59. The lowest BCUT2D eigenvalue weighted by Crippen LogP contribution is -2.25. The van der Waals surface area contributed by atoms with Gasteiger partial charge in [-0.1, -0.05) is 22.0 Å². The maximum Gasteiger partial charge on any atom is 0.125 e. The van der Waals surface area contributed by atoms with Crippen molar-refractivity contribution in [1.29, 1.82) is 0 Å². The van der Waals surface area contributed by atoms with Crippen molar-refractivity contribution in [3.05, 3.63) is 28.2 Å². The molecule has 0 atom stereocenters. The number of benzene rings is 1. The Morgan fingerprint density at radius 2 is 2.21 bits per heavy atom. The van der Waals surface area contributed by atoms with Crippen LogP contribution in [0.5, 0.6) is 5.75 Å². The SMILES string of the molecule is NCc1c(Br)cccc1OC1CCC1. The number of ether oxygens (including phenoxy) is 1. The number of hydrogen-bond acceptors (Lipinski definition) is 2. The third kappa shape index (κ3) is 1.93. The Hall–Kier alpha value is -0.540. The van der Waals surface area contributed by atoms with Crippen LogP contribution in [0.3, 0.4) is 0 Å². The molecule has 3 heteroatoms. The van der Waals surface area contributed by atoms with E-state index in [1.54, 1.807) is 0 Å². The minimum atomic E-state index is 0.412. The first-order valence-corrected chi connectivity index (χ1v) is 5.74. The van der Waals surface area contributed by atoms with E-state index in [4.69, 9.17) is 10.5 Å². The first-order chi connectivity index (χ1) is 6.81. The van der Waals surface area contributed by atoms with Crippen molar-refractivity contribution in [2.24, 2.45) is 5.73 Å². The monoisotopic (exact) mass is 255 g/mol. The van der Waals surface area contributed by atoms with Gasteiger partial charge in [0, 0.05) is 16.6 Å². The van der Waals surface area contributed by atoms with Crippen molar-refractivity contribution in [2.45, 2.75) is 31.9 Å². The Kier molecular flexibility index (Phi) is 3.08. The second kappa shape index (κ2) is 4.32. The van der Waals surface area contributed by atoms with Crippen LogP contribution in [0.2, 0.25) is 0 Å². The minimum absolute atomic E-state index is 0.412. The molecular weight excluding hydrogens is 242 g/mol. The predicted octanol–water partition coefficient (Wildman–Crippen LogP) is 2.84. The summed E-state index contributed by atoms with van der Waals surface area (Å²) < 4.78 is 6.88. The summed E-state index contributed by atoms with van der Waals surface area (Å²) in [6.07, 6.45) is 4.05. The number of rotatable bonds is 3. The van der Waals surface area contributed by atoms with E-state index < -0.39 is 0 Å². The highest BCUT2D eigenvalue weighted by molar-refractivity contribution is 9.10. The maximum absolute atomic E-state index is 5.84. The van der Waals surface area contributed by atoms with Gasteiger partial charge >= 0.3 is 0 Å². The van der Waals surface area contributed by atoms with Crippen LogP contribution >= 0.6 is 15.9 Å². The summed E-state index contributed by atoms with van der Waals surface area (Å²) in [5, 5.41) is 0. The molecule has 1 fully saturated rings. The first kappa shape index (κ1) is 9.99. The molecule has 0 amide bonds. The van der Waals surface area contributed by atoms with Crippen molar-refractivity contribution in [3.8, 4) is 5.75 Å². The molecular formula is C11H14BrNO. The fourth-order valence-electron chi connectivity index (χ4n) is 1.52. The van der Waals surface area contributed by atoms with E-state index in [1.165, 1.54) is 19.3 Å². The summed E-state index contributed by atoms with van der Waals surface area (Å²) in [6, 6.07) is 5.97. The molecule has 1 aromatic carbocycles. The van der Waals surface area contributed by atoms with E-state index in [2.05, 4.69) is 15.9 Å². The van der Waals surface area contributed by atoms with Gasteiger partial charge in [-0.3, -0.25) is 0 Å². The molecule has 0 bridgehead atoms. The highest BCUT2D eigenvalue weighted by Gasteiger charge is 2.20. The van der Waals surface area contributed by atoms with Gasteiger partial charge in [0.1, 0.15) is 5.75 Å². The summed E-state index contributed by atoms with van der Waals surface area (Å²) in [5.41, 5.74) is 6.75. The molecule has 1 saturated carbocycles. The van der Waals surface area contributed by atoms with Gasteiger partial charge in [-0.15, -0.1) is 0 Å². The summed E-state index contributed by atoms with van der Waals surface area (Å²) in [6.45, 7) is 0.517. The molecule has 2 nitrogen and oxygen atoms in total. The minimum Gasteiger partial charge on any atom is -0.490 e. The lowest BCUT2D eigenvalue weighted by molar-refractivity contribution is 0.119. The quantitative estimate of drug-likeness (QED) is 0.902. The zero-order valence-electron chi connectivity index (χ0n) is 8.00. The van der Waals surface area contributed by atoms with Crippen LogP contribution in [0.4, 0.5) is 0 Å². The lowest BCUT2D eigenvalue weighted by Gasteiger charge is -2.27. The molecule has 0 heterocycles. The fraction of sp³-hybridized carbons (Fsp3) is 0.455. The fourth-order valence-corrected chi connectivity index (χ4v) is 2.03. The topological polar surface area (TPSA) is 35.2 Å². The Balaban J connectivity index is 2.17. The molecule has 2 rings (SSSR count). The van der Waals surface area contributed by atoms with Gasteiger partial charge in [-0.2, -0.15) is 0 Å². The molecule has 1 aliphatic carbocycles. The molecule has 0 aliphatic heterocycles. The molecule has 0 aromatic heterocycles. The van der Waals surface area contributed by atoms with E-state index in [1.807, 2.05) is 18.2 Å². The normalized spacial score (nSPS) is 16.4. The van der Waals surface area contributed by atoms with Crippen LogP contribution < -0.4 is 10.5 Å². The summed E-state index contributed by atoms with van der Waals surface area (Å²) >= 11 is 3.48. The average Bonchev–Trinajstić information content (AvgIpc) is 2.11. The van der Waals surface area contributed by atoms with Gasteiger partial charge in [0.15, 0.2) is 0 Å². The molecule has 1 aliphatic rings. The standard InChI is InChI=1S/C11H14BrNO/c12-10-5-2-6-11(9(10)7-13)14-8-3-1-4-8/h2,5-6,8H,1,3-4,7,13H2. The van der Waals surface area contributed by atoms with Gasteiger partial charge in [-0.05, 0) is 31.4 Å². The zero-order valence-corrected chi connectivity index (χ0v) is 9.59. The largest absolute Gasteiger partial charge is 0.490 e. The molecule has 0 radical (unpaired) electrons. The van der Waals surface area contributed by atoms with E-state index in [9.17, 15) is 0 Å². The number of halogens is 1. The van der Waals surface area contributed by atoms with Crippen molar-refractivity contribution in [2.75, 3.05) is 0 Å². The molecule has 0 saturated heterocycles. The molecule has 0 spiro atoms. The Morgan fingerprint density at radius 1 is 1.43 bits per heavy atom. The number of nitrogens with two attached hydrogens (primary N) is 1. The van der Waals surface area contributed by atoms with E-state index >= 15 is 0 Å². The molecule has 0 unspecified atom stereocenters. The van der Waals surface area contributed by atoms with Gasteiger partial charge in [0.25, 0.3) is 0 Å². The maximum atomic E-state index is 5.84. The lowest BCUT2D eigenvalue weighted by atomic mass is 9.96. The Bertz CT molecular complexity index is 323. The molecule has 76 valence electrons. The summed E-state index contributed by atoms with van der Waals surface area (Å²) in [4.78, 5) is 0. The van der Waals surface area contributed by atoms with Crippen LogP contribution in [-0.2, 0) is 6.54 Å². The van der Waals surface area contributed by atoms with Crippen LogP contribution in [-0.4, -0.2) is 6.10 Å². The van der Waals surface area contributed by atoms with Crippen molar-refractivity contribution in [1.82, 2.24) is 0 Å². The molecule has 1 aromatic rings. The Labute approximate surface area is 92.6 Å². The van der Waals surface area contributed by atoms with Crippen LogP contribution in [0.1, 0.15) is 24.8 Å². The van der Waals surface area contributed by atoms with Crippen molar-refractivity contribution in [3.63, 3.8) is 0 Å². The van der Waals surface area contributed by atoms with Crippen molar-refractivity contribution >= 4 is 15.9 Å². The van der Waals surface area contributed by atoms with E-state index in [0.29, 0.717) is 12.6 Å². The second-order valence-corrected chi connectivity index (χ2v) is 4.45. The van der Waals surface area contributed by atoms with E-state index in [0.717, 1.165) is 15.8 Å². The van der Waals surface area contributed by atoms with Crippen LogP contribution in [0.25, 0.3) is 0 Å². The smallest absolute Gasteiger partial charge is 0.125 e. The summed E-state index contributed by atoms with van der Waals surface area (Å²) in [5.74, 6) is 0.937. The van der Waals surface area contributed by atoms with Crippen molar-refractivity contribution < 1.29 is 4.74 Å². The van der Waals surface area contributed by atoms with Gasteiger partial charge in [-0.25, -0.2) is 0 Å². The zero-order chi connectivity index (χ0) is 9.97. The Morgan fingerprint density at radius 3 is 2.79 bits per heavy atom. The third-order valence-electron chi connectivity index (χ3n) is 2.63. The third-order valence-corrected chi connectivity index (χ3v) is 3.37. The van der Waals surface area contributed by atoms with E-state index in [-0.39, 0.29) is 0 Å². The molecule has 14 heavy (non-hydrogen) atoms. The van der Waals surface area contributed by atoms with Gasteiger partial charge < -0.3 is 10.5 Å². The van der Waals surface area contributed by atoms with Gasteiger partial charge in [0.05, 0.1) is 6.10 Å². The predicted molar refractivity (Wildman–Crippen MR) is 60.3 cm³/mol. The van der Waals surface area contributed by atoms with Gasteiger partial charge in [0.2, 0.25) is 0 Å². The highest BCUT2D eigenvalue weighted by atomic mass is 79.9. The summed E-state index contributed by atoms with van der Waals surface area (Å²) in [7, 11) is 0. The first-order valence-electron chi connectivity index (χ1n) is 4.95. The molecule has 2 N–H and O–H groups in total. The average molecular weight is 256 g/mol. The van der Waals surface area contributed by atoms with Crippen LogP contribution in [0, 0.1) is 0 Å². The van der Waals surface area contributed by atoms with Crippen LogP contribution in [0.15, 0.2) is 22.7 Å². The highest BCUT2D eigenvalue weighted by Crippen LogP contribution is 2.31. The number of hydrogen-bond donors (Lipinski definition) is 1.